The second-order valence-corrected chi connectivity index (χ2v) is 5.48. The Hall–Kier alpha value is -0.610. The van der Waals surface area contributed by atoms with E-state index < -0.39 is 0 Å². The van der Waals surface area contributed by atoms with Gasteiger partial charge in [0.1, 0.15) is 0 Å². The molecule has 19 heavy (non-hydrogen) atoms. The summed E-state index contributed by atoms with van der Waals surface area (Å²) in [4.78, 5) is 13.7. The molecule has 0 aromatic rings. The van der Waals surface area contributed by atoms with Gasteiger partial charge in [0, 0.05) is 19.0 Å². The van der Waals surface area contributed by atoms with Crippen LogP contribution in [0.15, 0.2) is 0 Å². The molecule has 1 aliphatic heterocycles. The van der Waals surface area contributed by atoms with Crippen LogP contribution in [0.4, 0.5) is 0 Å². The fraction of sp³-hybridized carbons (Fsp3) is 0.933. The number of unbranched alkanes of at least 4 members (excludes halogenated alkanes) is 2. The average molecular weight is 270 g/mol. The Bertz CT molecular complexity index is 240. The maximum atomic E-state index is 11.1. The summed E-state index contributed by atoms with van der Waals surface area (Å²) < 4.78 is 4.90. The van der Waals surface area contributed by atoms with E-state index in [4.69, 9.17) is 4.74 Å². The minimum absolute atomic E-state index is 0.0575. The number of likely N-dealkylation sites (tertiary alicyclic amines) is 1. The lowest BCUT2D eigenvalue weighted by molar-refractivity contribution is -0.143. The predicted molar refractivity (Wildman–Crippen MR) is 78.2 cm³/mol. The molecule has 0 radical (unpaired) electrons. The van der Waals surface area contributed by atoms with Gasteiger partial charge >= 0.3 is 5.97 Å². The van der Waals surface area contributed by atoms with Gasteiger partial charge in [-0.1, -0.05) is 6.42 Å². The number of nitrogens with one attached hydrogen (secondary N) is 1. The number of hydrogen-bond acceptors (Lipinski definition) is 4. The number of carbonyl (C=O) groups excluding carboxylic acids is 1. The fourth-order valence-corrected chi connectivity index (χ4v) is 2.57. The average Bonchev–Trinajstić information content (AvgIpc) is 2.86. The summed E-state index contributed by atoms with van der Waals surface area (Å²) in [7, 11) is 0. The van der Waals surface area contributed by atoms with Crippen molar-refractivity contribution in [1.82, 2.24) is 10.2 Å². The van der Waals surface area contributed by atoms with E-state index in [9.17, 15) is 4.79 Å². The van der Waals surface area contributed by atoms with E-state index in [1.165, 1.54) is 32.5 Å². The number of carbonyl (C=O) groups is 1. The number of nitrogens with zero attached hydrogens (tertiary/aromatic N) is 1. The molecule has 0 aromatic heterocycles. The number of rotatable bonds is 10. The van der Waals surface area contributed by atoms with Crippen molar-refractivity contribution in [3.63, 3.8) is 0 Å². The maximum Gasteiger partial charge on any atom is 0.305 e. The Balaban J connectivity index is 1.88. The lowest BCUT2D eigenvalue weighted by Gasteiger charge is -2.21. The second kappa shape index (κ2) is 10.2. The van der Waals surface area contributed by atoms with Gasteiger partial charge in [-0.25, -0.2) is 0 Å². The minimum atomic E-state index is -0.0575. The zero-order valence-corrected chi connectivity index (χ0v) is 12.6. The molecule has 0 bridgehead atoms. The third-order valence-electron chi connectivity index (χ3n) is 3.59. The highest BCUT2D eigenvalue weighted by Gasteiger charge is 2.13. The molecule has 1 rings (SSSR count). The van der Waals surface area contributed by atoms with Crippen LogP contribution >= 0.6 is 0 Å². The minimum Gasteiger partial charge on any atom is -0.466 e. The van der Waals surface area contributed by atoms with Crippen LogP contribution in [-0.2, 0) is 9.53 Å². The molecule has 0 aliphatic carbocycles. The van der Waals surface area contributed by atoms with Crippen LogP contribution in [0.2, 0.25) is 0 Å². The first-order valence-electron chi connectivity index (χ1n) is 7.83. The van der Waals surface area contributed by atoms with Crippen molar-refractivity contribution in [3.8, 4) is 0 Å². The van der Waals surface area contributed by atoms with Gasteiger partial charge in [-0.3, -0.25) is 4.79 Å². The van der Waals surface area contributed by atoms with E-state index in [1.807, 2.05) is 6.92 Å². The maximum absolute atomic E-state index is 11.1. The Labute approximate surface area is 117 Å². The number of ether oxygens (including phenoxy) is 1. The molecular weight excluding hydrogens is 240 g/mol. The van der Waals surface area contributed by atoms with Crippen molar-refractivity contribution in [2.45, 2.75) is 58.4 Å². The van der Waals surface area contributed by atoms with Gasteiger partial charge in [-0.2, -0.15) is 0 Å². The topological polar surface area (TPSA) is 41.6 Å². The quantitative estimate of drug-likeness (QED) is 0.488. The van der Waals surface area contributed by atoms with Crippen LogP contribution in [0.1, 0.15) is 52.4 Å². The summed E-state index contributed by atoms with van der Waals surface area (Å²) >= 11 is 0. The Morgan fingerprint density at radius 2 is 2.00 bits per heavy atom. The zero-order chi connectivity index (χ0) is 13.9. The second-order valence-electron chi connectivity index (χ2n) is 5.48. The highest BCUT2D eigenvalue weighted by atomic mass is 16.5. The zero-order valence-electron chi connectivity index (χ0n) is 12.6. The summed E-state index contributed by atoms with van der Waals surface area (Å²) in [6.07, 6.45) is 6.48. The van der Waals surface area contributed by atoms with Gasteiger partial charge in [0.15, 0.2) is 0 Å². The Kier molecular flexibility index (Phi) is 8.84. The standard InChI is InChI=1S/C15H30N2O2/c1-3-19-15(18)9-5-4-6-10-16-14(2)13-17-11-7-8-12-17/h14,16H,3-13H2,1-2H3. The Morgan fingerprint density at radius 3 is 2.68 bits per heavy atom. The van der Waals surface area contributed by atoms with Gasteiger partial charge in [-0.05, 0) is 59.2 Å². The largest absolute Gasteiger partial charge is 0.466 e. The van der Waals surface area contributed by atoms with Crippen molar-refractivity contribution in [2.24, 2.45) is 0 Å². The smallest absolute Gasteiger partial charge is 0.305 e. The predicted octanol–water partition coefficient (Wildman–Crippen LogP) is 2.18. The molecule has 4 heteroatoms. The Morgan fingerprint density at radius 1 is 1.26 bits per heavy atom. The highest BCUT2D eigenvalue weighted by Crippen LogP contribution is 2.07. The molecule has 1 heterocycles. The van der Waals surface area contributed by atoms with Gasteiger partial charge in [0.05, 0.1) is 6.61 Å². The van der Waals surface area contributed by atoms with Crippen LogP contribution in [0.5, 0.6) is 0 Å². The number of hydrogen-bond donors (Lipinski definition) is 1. The van der Waals surface area contributed by atoms with Crippen LogP contribution in [-0.4, -0.2) is 49.7 Å². The molecule has 1 atom stereocenters. The first-order chi connectivity index (χ1) is 9.22. The molecule has 1 N–H and O–H groups in total. The van der Waals surface area contributed by atoms with E-state index in [0.717, 1.165) is 25.8 Å². The first-order valence-corrected chi connectivity index (χ1v) is 7.83. The van der Waals surface area contributed by atoms with Gasteiger partial charge < -0.3 is 15.0 Å². The van der Waals surface area contributed by atoms with E-state index in [0.29, 0.717) is 19.1 Å². The molecule has 0 saturated carbocycles. The van der Waals surface area contributed by atoms with Crippen LogP contribution < -0.4 is 5.32 Å². The third kappa shape index (κ3) is 8.22. The van der Waals surface area contributed by atoms with E-state index in [2.05, 4.69) is 17.1 Å². The van der Waals surface area contributed by atoms with Crippen molar-refractivity contribution >= 4 is 5.97 Å². The van der Waals surface area contributed by atoms with Gasteiger partial charge in [0.25, 0.3) is 0 Å². The van der Waals surface area contributed by atoms with Crippen LogP contribution in [0.25, 0.3) is 0 Å². The highest BCUT2D eigenvalue weighted by molar-refractivity contribution is 5.69. The molecule has 112 valence electrons. The summed E-state index contributed by atoms with van der Waals surface area (Å²) in [5.74, 6) is -0.0575. The molecule has 4 nitrogen and oxygen atoms in total. The monoisotopic (exact) mass is 270 g/mol. The molecule has 1 aliphatic rings. The molecule has 0 aromatic carbocycles. The fourth-order valence-electron chi connectivity index (χ4n) is 2.57. The molecular formula is C15H30N2O2. The van der Waals surface area contributed by atoms with E-state index >= 15 is 0 Å². The lowest BCUT2D eigenvalue weighted by atomic mass is 10.2. The van der Waals surface area contributed by atoms with Crippen molar-refractivity contribution < 1.29 is 9.53 Å². The first kappa shape index (κ1) is 16.4. The third-order valence-corrected chi connectivity index (χ3v) is 3.59. The van der Waals surface area contributed by atoms with E-state index in [1.54, 1.807) is 0 Å². The summed E-state index contributed by atoms with van der Waals surface area (Å²) in [5.41, 5.74) is 0. The summed E-state index contributed by atoms with van der Waals surface area (Å²) in [6.45, 7) is 9.37. The molecule has 0 amide bonds. The van der Waals surface area contributed by atoms with Gasteiger partial charge in [0.2, 0.25) is 0 Å². The summed E-state index contributed by atoms with van der Waals surface area (Å²) in [6, 6.07) is 0.572. The number of esters is 1. The lowest BCUT2D eigenvalue weighted by Crippen LogP contribution is -2.38. The van der Waals surface area contributed by atoms with Crippen molar-refractivity contribution in [2.75, 3.05) is 32.8 Å². The normalized spacial score (nSPS) is 17.6. The van der Waals surface area contributed by atoms with Crippen LogP contribution in [0, 0.1) is 0 Å². The molecule has 1 unspecified atom stereocenters. The summed E-state index contributed by atoms with van der Waals surface area (Å²) in [5, 5.41) is 3.56. The molecule has 0 spiro atoms. The molecule has 1 fully saturated rings. The van der Waals surface area contributed by atoms with Crippen molar-refractivity contribution in [1.29, 1.82) is 0 Å². The van der Waals surface area contributed by atoms with Gasteiger partial charge in [-0.15, -0.1) is 0 Å². The molecule has 1 saturated heterocycles. The SMILES string of the molecule is CCOC(=O)CCCCCNC(C)CN1CCCC1. The van der Waals surface area contributed by atoms with E-state index in [-0.39, 0.29) is 5.97 Å². The van der Waals surface area contributed by atoms with Crippen LogP contribution in [0.3, 0.4) is 0 Å². The van der Waals surface area contributed by atoms with Crippen molar-refractivity contribution in [3.05, 3.63) is 0 Å².